The molecule has 0 fully saturated rings. The van der Waals surface area contributed by atoms with Crippen LogP contribution in [-0.2, 0) is 0 Å². The first-order valence-corrected chi connectivity index (χ1v) is 8.48. The first kappa shape index (κ1) is 13.7. The molecule has 6 heteroatoms. The van der Waals surface area contributed by atoms with Crippen LogP contribution in [0.4, 0.5) is 5.69 Å². The highest BCUT2D eigenvalue weighted by Gasteiger charge is 2.18. The van der Waals surface area contributed by atoms with Gasteiger partial charge in [-0.2, -0.15) is 0 Å². The maximum Gasteiger partial charge on any atom is 0.238 e. The molecule has 0 aliphatic carbocycles. The Hall–Kier alpha value is -1.92. The molecule has 3 heterocycles. The summed E-state index contributed by atoms with van der Waals surface area (Å²) in [5, 5.41) is 5.41. The van der Waals surface area contributed by atoms with Gasteiger partial charge in [0.1, 0.15) is 16.5 Å². The van der Waals surface area contributed by atoms with E-state index in [0.717, 1.165) is 37.6 Å². The van der Waals surface area contributed by atoms with Crippen molar-refractivity contribution < 1.29 is 9.15 Å². The number of hydrogen-bond donors (Lipinski definition) is 1. The van der Waals surface area contributed by atoms with Crippen molar-refractivity contribution in [2.75, 3.05) is 12.4 Å². The summed E-state index contributed by atoms with van der Waals surface area (Å²) in [6.07, 6.45) is 2.06. The summed E-state index contributed by atoms with van der Waals surface area (Å²) in [7, 11) is 1.68. The van der Waals surface area contributed by atoms with Crippen molar-refractivity contribution in [1.29, 1.82) is 0 Å². The standard InChI is InChI=1S/C16H14N2O2S2/c1-8-9(2)20-16-15(8)22-14(18-16)7-13-17-11-6-10(19-3)4-5-12(11)21-13/h4-7,17H,1-3H3/b13-7-. The number of ether oxygens (including phenoxy) is 1. The quantitative estimate of drug-likeness (QED) is 0.714. The number of aromatic nitrogens is 1. The molecule has 0 atom stereocenters. The molecule has 1 N–H and O–H groups in total. The van der Waals surface area contributed by atoms with Crippen LogP contribution in [0.15, 0.2) is 32.5 Å². The Morgan fingerprint density at radius 1 is 1.32 bits per heavy atom. The van der Waals surface area contributed by atoms with Crippen molar-refractivity contribution in [2.45, 2.75) is 18.7 Å². The topological polar surface area (TPSA) is 47.3 Å². The predicted molar refractivity (Wildman–Crippen MR) is 91.8 cm³/mol. The third kappa shape index (κ3) is 2.19. The molecule has 0 amide bonds. The minimum Gasteiger partial charge on any atom is -0.497 e. The van der Waals surface area contributed by atoms with E-state index in [0.29, 0.717) is 0 Å². The summed E-state index contributed by atoms with van der Waals surface area (Å²) in [6, 6.07) is 6.04. The zero-order valence-electron chi connectivity index (χ0n) is 12.4. The number of methoxy groups -OCH3 is 1. The molecule has 0 saturated carbocycles. The van der Waals surface area contributed by atoms with Gasteiger partial charge < -0.3 is 14.5 Å². The van der Waals surface area contributed by atoms with Crippen LogP contribution in [0.1, 0.15) is 16.3 Å². The number of furan rings is 1. The number of aryl methyl sites for hydroxylation is 2. The maximum absolute atomic E-state index is 5.66. The van der Waals surface area contributed by atoms with Crippen molar-refractivity contribution in [3.63, 3.8) is 0 Å². The monoisotopic (exact) mass is 330 g/mol. The van der Waals surface area contributed by atoms with Gasteiger partial charge in [-0.1, -0.05) is 11.8 Å². The Bertz CT molecular complexity index is 908. The molecule has 112 valence electrons. The summed E-state index contributed by atoms with van der Waals surface area (Å²) >= 11 is 3.36. The van der Waals surface area contributed by atoms with Crippen LogP contribution in [0.2, 0.25) is 0 Å². The van der Waals surface area contributed by atoms with Crippen LogP contribution < -0.4 is 10.1 Å². The molecule has 0 bridgehead atoms. The van der Waals surface area contributed by atoms with Crippen molar-refractivity contribution in [2.24, 2.45) is 0 Å². The SMILES string of the molecule is COc1ccc2c(c1)N/C(=C/c1nc3oc(C)c(C)c3s1)S2. The van der Waals surface area contributed by atoms with E-state index in [9.17, 15) is 0 Å². The Balaban J connectivity index is 1.65. The molecule has 2 aromatic heterocycles. The number of benzene rings is 1. The van der Waals surface area contributed by atoms with Crippen molar-refractivity contribution in [1.82, 2.24) is 4.98 Å². The van der Waals surface area contributed by atoms with Crippen molar-refractivity contribution in [3.05, 3.63) is 39.6 Å². The van der Waals surface area contributed by atoms with E-state index >= 15 is 0 Å². The number of anilines is 1. The molecule has 1 aromatic carbocycles. The van der Waals surface area contributed by atoms with Gasteiger partial charge in [0.25, 0.3) is 0 Å². The average Bonchev–Trinajstić information content (AvgIpc) is 3.14. The maximum atomic E-state index is 5.66. The first-order valence-electron chi connectivity index (χ1n) is 6.85. The zero-order chi connectivity index (χ0) is 15.3. The van der Waals surface area contributed by atoms with Crippen molar-refractivity contribution in [3.8, 4) is 5.75 Å². The molecular formula is C16H14N2O2S2. The Morgan fingerprint density at radius 2 is 2.18 bits per heavy atom. The second-order valence-electron chi connectivity index (χ2n) is 5.07. The second-order valence-corrected chi connectivity index (χ2v) is 7.18. The summed E-state index contributed by atoms with van der Waals surface area (Å²) in [5.74, 6) is 1.80. The van der Waals surface area contributed by atoms with Gasteiger partial charge >= 0.3 is 0 Å². The third-order valence-corrected chi connectivity index (χ3v) is 5.77. The van der Waals surface area contributed by atoms with E-state index in [1.807, 2.05) is 19.1 Å². The molecule has 1 aliphatic heterocycles. The lowest BCUT2D eigenvalue weighted by Gasteiger charge is -2.01. The molecule has 22 heavy (non-hydrogen) atoms. The molecule has 0 unspecified atom stereocenters. The number of thioether (sulfide) groups is 1. The van der Waals surface area contributed by atoms with Gasteiger partial charge in [-0.3, -0.25) is 0 Å². The fourth-order valence-corrected chi connectivity index (χ4v) is 4.33. The largest absolute Gasteiger partial charge is 0.497 e. The van der Waals surface area contributed by atoms with E-state index in [-0.39, 0.29) is 0 Å². The number of nitrogens with one attached hydrogen (secondary N) is 1. The average molecular weight is 330 g/mol. The fraction of sp³-hybridized carbons (Fsp3) is 0.188. The number of rotatable bonds is 2. The van der Waals surface area contributed by atoms with Gasteiger partial charge in [0.15, 0.2) is 0 Å². The lowest BCUT2D eigenvalue weighted by Crippen LogP contribution is -1.89. The molecule has 4 nitrogen and oxygen atoms in total. The fourth-order valence-electron chi connectivity index (χ4n) is 2.35. The van der Waals surface area contributed by atoms with Gasteiger partial charge in [-0.05, 0) is 26.0 Å². The highest BCUT2D eigenvalue weighted by atomic mass is 32.2. The van der Waals surface area contributed by atoms with Gasteiger partial charge in [0.2, 0.25) is 5.71 Å². The van der Waals surface area contributed by atoms with Crippen LogP contribution in [0.5, 0.6) is 5.75 Å². The van der Waals surface area contributed by atoms with Gasteiger partial charge in [-0.25, -0.2) is 4.98 Å². The number of thiazole rings is 1. The summed E-state index contributed by atoms with van der Waals surface area (Å²) in [4.78, 5) is 5.75. The minimum atomic E-state index is 0.731. The number of fused-ring (bicyclic) bond motifs is 2. The smallest absolute Gasteiger partial charge is 0.238 e. The molecule has 0 spiro atoms. The van der Waals surface area contributed by atoms with E-state index < -0.39 is 0 Å². The van der Waals surface area contributed by atoms with E-state index in [1.54, 1.807) is 30.2 Å². The zero-order valence-corrected chi connectivity index (χ0v) is 14.0. The molecular weight excluding hydrogens is 316 g/mol. The Kier molecular flexibility index (Phi) is 3.16. The Morgan fingerprint density at radius 3 is 2.95 bits per heavy atom. The first-order chi connectivity index (χ1) is 10.6. The van der Waals surface area contributed by atoms with Gasteiger partial charge in [0, 0.05) is 22.6 Å². The number of hydrogen-bond acceptors (Lipinski definition) is 6. The summed E-state index contributed by atoms with van der Waals surface area (Å²) < 4.78 is 12.0. The van der Waals surface area contributed by atoms with Crippen LogP contribution >= 0.6 is 23.1 Å². The van der Waals surface area contributed by atoms with Crippen LogP contribution in [0.3, 0.4) is 0 Å². The highest BCUT2D eigenvalue weighted by Crippen LogP contribution is 2.43. The van der Waals surface area contributed by atoms with Crippen molar-refractivity contribution >= 4 is 45.3 Å². The van der Waals surface area contributed by atoms with E-state index in [4.69, 9.17) is 9.15 Å². The van der Waals surface area contributed by atoms with Gasteiger partial charge in [-0.15, -0.1) is 11.3 Å². The molecule has 0 radical (unpaired) electrons. The molecule has 0 saturated heterocycles. The Labute approximate surface area is 136 Å². The third-order valence-electron chi connectivity index (χ3n) is 3.65. The second kappa shape index (κ2) is 5.07. The lowest BCUT2D eigenvalue weighted by molar-refractivity contribution is 0.415. The lowest BCUT2D eigenvalue weighted by atomic mass is 10.3. The number of nitrogens with zero attached hydrogens (tertiary/aromatic N) is 1. The van der Waals surface area contributed by atoms with Gasteiger partial charge in [0.05, 0.1) is 22.5 Å². The summed E-state index contributed by atoms with van der Waals surface area (Å²) in [5.41, 5.74) is 2.98. The molecule has 3 aromatic rings. The predicted octanol–water partition coefficient (Wildman–Crippen LogP) is 5.03. The van der Waals surface area contributed by atoms with E-state index in [1.165, 1.54) is 10.5 Å². The van der Waals surface area contributed by atoms with Crippen LogP contribution in [0.25, 0.3) is 16.5 Å². The van der Waals surface area contributed by atoms with Crippen LogP contribution in [0, 0.1) is 13.8 Å². The normalized spacial score (nSPS) is 15.3. The minimum absolute atomic E-state index is 0.731. The molecule has 4 rings (SSSR count). The highest BCUT2D eigenvalue weighted by molar-refractivity contribution is 8.03. The van der Waals surface area contributed by atoms with E-state index in [2.05, 4.69) is 29.4 Å². The van der Waals surface area contributed by atoms with Crippen LogP contribution in [-0.4, -0.2) is 12.1 Å². The summed E-state index contributed by atoms with van der Waals surface area (Å²) in [6.45, 7) is 4.04. The molecule has 1 aliphatic rings.